The minimum atomic E-state index is -0.301. The number of rotatable bonds is 3. The van der Waals surface area contributed by atoms with Gasteiger partial charge in [-0.2, -0.15) is 0 Å². The normalized spacial score (nSPS) is 10.6. The highest BCUT2D eigenvalue weighted by atomic mass is 16.7. The molecule has 0 spiro atoms. The molecule has 1 rings (SSSR count). The van der Waals surface area contributed by atoms with Crippen molar-refractivity contribution < 1.29 is 14.0 Å². The first kappa shape index (κ1) is 10.7. The molecule has 78 valence electrons. The van der Waals surface area contributed by atoms with E-state index in [1.807, 2.05) is 13.8 Å². The second-order valence-corrected chi connectivity index (χ2v) is 3.21. The van der Waals surface area contributed by atoms with Gasteiger partial charge >= 0.3 is 0 Å². The maximum absolute atomic E-state index is 11.6. The fourth-order valence-electron chi connectivity index (χ4n) is 1.06. The molecule has 0 fully saturated rings. The predicted octanol–water partition coefficient (Wildman–Crippen LogP) is 1.43. The first-order valence-corrected chi connectivity index (χ1v) is 4.33. The van der Waals surface area contributed by atoms with Crippen LogP contribution in [0.5, 0.6) is 0 Å². The summed E-state index contributed by atoms with van der Waals surface area (Å²) in [6, 6.07) is 0. The number of hydrogen-bond acceptors (Lipinski definition) is 4. The van der Waals surface area contributed by atoms with Crippen molar-refractivity contribution in [2.45, 2.75) is 19.8 Å². The van der Waals surface area contributed by atoms with E-state index in [4.69, 9.17) is 9.25 Å². The summed E-state index contributed by atoms with van der Waals surface area (Å²) in [6.07, 6.45) is 1.27. The molecule has 0 radical (unpaired) electrons. The van der Waals surface area contributed by atoms with Gasteiger partial charge < -0.3 is 4.42 Å². The van der Waals surface area contributed by atoms with Gasteiger partial charge in [-0.3, -0.25) is 9.63 Å². The van der Waals surface area contributed by atoms with E-state index in [-0.39, 0.29) is 11.8 Å². The molecule has 0 N–H and O–H groups in total. The van der Waals surface area contributed by atoms with Gasteiger partial charge in [0.1, 0.15) is 5.76 Å². The Hall–Kier alpha value is -1.36. The maximum Gasteiger partial charge on any atom is 0.299 e. The minimum absolute atomic E-state index is 0.127. The molecule has 5 heteroatoms. The summed E-state index contributed by atoms with van der Waals surface area (Å²) in [5, 5.41) is 1.11. The number of aromatic nitrogens is 1. The van der Waals surface area contributed by atoms with Gasteiger partial charge in [0, 0.05) is 13.0 Å². The largest absolute Gasteiger partial charge is 0.447 e. The Balaban J connectivity index is 2.95. The predicted molar refractivity (Wildman–Crippen MR) is 49.7 cm³/mol. The summed E-state index contributed by atoms with van der Waals surface area (Å²) in [7, 11) is 2.95. The van der Waals surface area contributed by atoms with Crippen molar-refractivity contribution in [2.24, 2.45) is 0 Å². The summed E-state index contributed by atoms with van der Waals surface area (Å²) in [5.74, 6) is 0.408. The van der Waals surface area contributed by atoms with E-state index in [1.165, 1.54) is 20.6 Å². The highest BCUT2D eigenvalue weighted by Gasteiger charge is 2.22. The lowest BCUT2D eigenvalue weighted by molar-refractivity contribution is -0.0761. The summed E-state index contributed by atoms with van der Waals surface area (Å²) in [6.45, 7) is 3.87. The van der Waals surface area contributed by atoms with Gasteiger partial charge in [-0.15, -0.1) is 0 Å². The second kappa shape index (κ2) is 4.23. The molecule has 0 bridgehead atoms. The van der Waals surface area contributed by atoms with Gasteiger partial charge in [-0.1, -0.05) is 13.8 Å². The van der Waals surface area contributed by atoms with Crippen LogP contribution in [0.4, 0.5) is 0 Å². The Labute approximate surface area is 82.6 Å². The molecule has 1 amide bonds. The molecular formula is C9H14N2O3. The zero-order chi connectivity index (χ0) is 10.7. The van der Waals surface area contributed by atoms with Crippen molar-refractivity contribution in [3.63, 3.8) is 0 Å². The SMILES string of the molecule is CON(C)C(=O)c1ncoc1C(C)C. The van der Waals surface area contributed by atoms with Crippen molar-refractivity contribution >= 4 is 5.91 Å². The Morgan fingerprint density at radius 2 is 2.29 bits per heavy atom. The summed E-state index contributed by atoms with van der Waals surface area (Å²) >= 11 is 0. The molecule has 5 nitrogen and oxygen atoms in total. The molecule has 0 aliphatic rings. The van der Waals surface area contributed by atoms with E-state index < -0.39 is 0 Å². The molecule has 0 aliphatic carbocycles. The number of carbonyl (C=O) groups excluding carboxylic acids is 1. The van der Waals surface area contributed by atoms with E-state index in [0.717, 1.165) is 5.06 Å². The molecule has 0 saturated heterocycles. The van der Waals surface area contributed by atoms with E-state index in [9.17, 15) is 4.79 Å². The minimum Gasteiger partial charge on any atom is -0.447 e. The van der Waals surface area contributed by atoms with Gasteiger partial charge in [-0.05, 0) is 0 Å². The van der Waals surface area contributed by atoms with Crippen LogP contribution in [0.2, 0.25) is 0 Å². The molecule has 1 aromatic rings. The van der Waals surface area contributed by atoms with E-state index in [2.05, 4.69) is 4.98 Å². The lowest BCUT2D eigenvalue weighted by Gasteiger charge is -2.12. The smallest absolute Gasteiger partial charge is 0.299 e. The molecule has 0 atom stereocenters. The third kappa shape index (κ3) is 1.93. The lowest BCUT2D eigenvalue weighted by atomic mass is 10.1. The van der Waals surface area contributed by atoms with Gasteiger partial charge in [-0.25, -0.2) is 10.0 Å². The number of amides is 1. The second-order valence-electron chi connectivity index (χ2n) is 3.21. The van der Waals surface area contributed by atoms with Crippen LogP contribution in [0, 0.1) is 0 Å². The third-order valence-electron chi connectivity index (χ3n) is 1.88. The van der Waals surface area contributed by atoms with Crippen LogP contribution in [0.15, 0.2) is 10.8 Å². The first-order chi connectivity index (χ1) is 6.57. The third-order valence-corrected chi connectivity index (χ3v) is 1.88. The van der Waals surface area contributed by atoms with Gasteiger partial charge in [0.2, 0.25) is 0 Å². The zero-order valence-electron chi connectivity index (χ0n) is 8.77. The van der Waals surface area contributed by atoms with Crippen LogP contribution < -0.4 is 0 Å². The lowest BCUT2D eigenvalue weighted by Crippen LogP contribution is -2.26. The van der Waals surface area contributed by atoms with Crippen LogP contribution in [0.25, 0.3) is 0 Å². The fourth-order valence-corrected chi connectivity index (χ4v) is 1.06. The number of carbonyl (C=O) groups is 1. The Morgan fingerprint density at radius 1 is 1.64 bits per heavy atom. The maximum atomic E-state index is 11.6. The molecule has 0 saturated carbocycles. The summed E-state index contributed by atoms with van der Waals surface area (Å²) in [4.78, 5) is 20.3. The average Bonchev–Trinajstić information content (AvgIpc) is 2.63. The number of hydroxylamine groups is 2. The number of nitrogens with zero attached hydrogens (tertiary/aromatic N) is 2. The monoisotopic (exact) mass is 198 g/mol. The molecular weight excluding hydrogens is 184 g/mol. The van der Waals surface area contributed by atoms with Gasteiger partial charge in [0.15, 0.2) is 12.1 Å². The van der Waals surface area contributed by atoms with E-state index in [0.29, 0.717) is 11.5 Å². The zero-order valence-corrected chi connectivity index (χ0v) is 8.77. The van der Waals surface area contributed by atoms with Crippen LogP contribution in [0.1, 0.15) is 36.0 Å². The Bertz CT molecular complexity index is 320. The molecule has 0 unspecified atom stereocenters. The van der Waals surface area contributed by atoms with Crippen molar-refractivity contribution in [3.05, 3.63) is 17.8 Å². The first-order valence-electron chi connectivity index (χ1n) is 4.33. The average molecular weight is 198 g/mol. The Kier molecular flexibility index (Phi) is 3.24. The standard InChI is InChI=1S/C9H14N2O3/c1-6(2)8-7(10-5-14-8)9(12)11(3)13-4/h5-6H,1-4H3. The fraction of sp³-hybridized carbons (Fsp3) is 0.556. The summed E-state index contributed by atoms with van der Waals surface area (Å²) < 4.78 is 5.13. The van der Waals surface area contributed by atoms with E-state index >= 15 is 0 Å². The topological polar surface area (TPSA) is 55.6 Å². The number of hydrogen-bond donors (Lipinski definition) is 0. The van der Waals surface area contributed by atoms with Crippen LogP contribution in [0.3, 0.4) is 0 Å². The molecule has 0 aliphatic heterocycles. The van der Waals surface area contributed by atoms with Gasteiger partial charge in [0.25, 0.3) is 5.91 Å². The summed E-state index contributed by atoms with van der Waals surface area (Å²) in [5.41, 5.74) is 0.310. The van der Waals surface area contributed by atoms with Crippen LogP contribution >= 0.6 is 0 Å². The highest BCUT2D eigenvalue weighted by Crippen LogP contribution is 2.19. The van der Waals surface area contributed by atoms with E-state index in [1.54, 1.807) is 0 Å². The Morgan fingerprint density at radius 3 is 2.79 bits per heavy atom. The number of oxazole rings is 1. The van der Waals surface area contributed by atoms with Crippen molar-refractivity contribution in [3.8, 4) is 0 Å². The van der Waals surface area contributed by atoms with Crippen molar-refractivity contribution in [1.29, 1.82) is 0 Å². The quantitative estimate of drug-likeness (QED) is 0.689. The van der Waals surface area contributed by atoms with Crippen molar-refractivity contribution in [2.75, 3.05) is 14.2 Å². The van der Waals surface area contributed by atoms with Crippen molar-refractivity contribution in [1.82, 2.24) is 10.0 Å². The molecule has 1 heterocycles. The van der Waals surface area contributed by atoms with Crippen LogP contribution in [-0.4, -0.2) is 30.1 Å². The molecule has 14 heavy (non-hydrogen) atoms. The molecule has 0 aromatic carbocycles. The van der Waals surface area contributed by atoms with Gasteiger partial charge in [0.05, 0.1) is 7.11 Å². The molecule has 1 aromatic heterocycles. The highest BCUT2D eigenvalue weighted by molar-refractivity contribution is 5.92. The van der Waals surface area contributed by atoms with Crippen LogP contribution in [-0.2, 0) is 4.84 Å².